The van der Waals surface area contributed by atoms with Gasteiger partial charge in [-0.15, -0.1) is 0 Å². The van der Waals surface area contributed by atoms with Gasteiger partial charge in [0.05, 0.1) is 10.6 Å². The molecule has 6 heteroatoms. The van der Waals surface area contributed by atoms with Crippen molar-refractivity contribution in [3.63, 3.8) is 0 Å². The number of anilines is 1. The number of halogens is 1. The fraction of sp³-hybridized carbons (Fsp3) is 0.188. The minimum atomic E-state index is -0.337. The fourth-order valence-corrected chi connectivity index (χ4v) is 2.16. The van der Waals surface area contributed by atoms with Gasteiger partial charge in [0.2, 0.25) is 0 Å². The molecule has 22 heavy (non-hydrogen) atoms. The second-order valence-corrected chi connectivity index (χ2v) is 5.52. The summed E-state index contributed by atoms with van der Waals surface area (Å²) >= 11 is 6.06. The minimum absolute atomic E-state index is 0.221. The molecule has 112 valence electrons. The van der Waals surface area contributed by atoms with E-state index in [4.69, 9.17) is 11.6 Å². The number of rotatable bonds is 4. The predicted octanol–water partition coefficient (Wildman–Crippen LogP) is 2.88. The Balaban J connectivity index is 1.76. The van der Waals surface area contributed by atoms with Crippen molar-refractivity contribution in [1.29, 1.82) is 0 Å². The highest BCUT2D eigenvalue weighted by Gasteiger charge is 2.24. The Labute approximate surface area is 132 Å². The molecular weight excluding hydrogens is 302 g/mol. The topological polar surface area (TPSA) is 71.1 Å². The van der Waals surface area contributed by atoms with Gasteiger partial charge in [-0.25, -0.2) is 0 Å². The molecule has 2 amide bonds. The van der Waals surface area contributed by atoms with Crippen LogP contribution in [0, 0.1) is 0 Å². The molecule has 0 radical (unpaired) electrons. The first-order chi connectivity index (χ1) is 10.6. The lowest BCUT2D eigenvalue weighted by Crippen LogP contribution is -2.25. The summed E-state index contributed by atoms with van der Waals surface area (Å²) in [4.78, 5) is 28.1. The number of amides is 2. The molecular formula is C16H14ClN3O2. The summed E-state index contributed by atoms with van der Waals surface area (Å²) in [7, 11) is 0. The molecule has 0 saturated heterocycles. The molecule has 1 fully saturated rings. The van der Waals surface area contributed by atoms with Crippen LogP contribution in [0.25, 0.3) is 0 Å². The number of aromatic nitrogens is 1. The zero-order valence-electron chi connectivity index (χ0n) is 11.7. The number of hydrogen-bond acceptors (Lipinski definition) is 3. The summed E-state index contributed by atoms with van der Waals surface area (Å²) in [5.41, 5.74) is 1.16. The van der Waals surface area contributed by atoms with Crippen molar-refractivity contribution < 1.29 is 9.59 Å². The van der Waals surface area contributed by atoms with Crippen LogP contribution in [0.4, 0.5) is 5.69 Å². The lowest BCUT2D eigenvalue weighted by molar-refractivity contribution is 0.0949. The molecule has 0 spiro atoms. The third-order valence-corrected chi connectivity index (χ3v) is 3.61. The summed E-state index contributed by atoms with van der Waals surface area (Å²) in [6, 6.07) is 10.1. The highest BCUT2D eigenvalue weighted by atomic mass is 35.5. The van der Waals surface area contributed by atoms with Crippen LogP contribution in [0.2, 0.25) is 5.02 Å². The highest BCUT2D eigenvalue weighted by Crippen LogP contribution is 2.24. The maximum atomic E-state index is 12.1. The van der Waals surface area contributed by atoms with E-state index in [0.29, 0.717) is 22.0 Å². The largest absolute Gasteiger partial charge is 0.349 e. The quantitative estimate of drug-likeness (QED) is 0.911. The van der Waals surface area contributed by atoms with Crippen LogP contribution >= 0.6 is 11.6 Å². The molecule has 0 aliphatic heterocycles. The molecule has 1 aliphatic rings. The molecule has 1 aromatic carbocycles. The Kier molecular flexibility index (Phi) is 4.06. The number of nitrogens with one attached hydrogen (secondary N) is 2. The number of hydrogen-bond donors (Lipinski definition) is 2. The summed E-state index contributed by atoms with van der Waals surface area (Å²) < 4.78 is 0. The molecule has 0 unspecified atom stereocenters. The van der Waals surface area contributed by atoms with Crippen molar-refractivity contribution >= 4 is 29.1 Å². The summed E-state index contributed by atoms with van der Waals surface area (Å²) in [6.45, 7) is 0. The maximum absolute atomic E-state index is 12.1. The summed E-state index contributed by atoms with van der Waals surface area (Å²) in [5, 5.41) is 5.94. The second-order valence-electron chi connectivity index (χ2n) is 5.11. The number of benzene rings is 1. The van der Waals surface area contributed by atoms with E-state index in [-0.39, 0.29) is 17.9 Å². The lowest BCUT2D eigenvalue weighted by atomic mass is 10.1. The number of nitrogens with zero attached hydrogens (tertiary/aromatic N) is 1. The van der Waals surface area contributed by atoms with Crippen molar-refractivity contribution in [1.82, 2.24) is 10.3 Å². The van der Waals surface area contributed by atoms with E-state index < -0.39 is 0 Å². The Bertz CT molecular complexity index is 715. The van der Waals surface area contributed by atoms with E-state index in [1.807, 2.05) is 0 Å². The number of carbonyl (C=O) groups is 2. The zero-order valence-corrected chi connectivity index (χ0v) is 12.4. The van der Waals surface area contributed by atoms with E-state index in [1.165, 1.54) is 0 Å². The molecule has 0 atom stereocenters. The molecule has 2 aromatic rings. The average Bonchev–Trinajstić information content (AvgIpc) is 3.34. The normalized spacial score (nSPS) is 13.5. The smallest absolute Gasteiger partial charge is 0.274 e. The van der Waals surface area contributed by atoms with Crippen molar-refractivity contribution in [2.45, 2.75) is 18.9 Å². The first-order valence-electron chi connectivity index (χ1n) is 6.96. The average molecular weight is 316 g/mol. The van der Waals surface area contributed by atoms with Crippen LogP contribution in [0.3, 0.4) is 0 Å². The van der Waals surface area contributed by atoms with Crippen LogP contribution in [0.1, 0.15) is 33.7 Å². The van der Waals surface area contributed by atoms with E-state index in [1.54, 1.807) is 42.6 Å². The molecule has 2 N–H and O–H groups in total. The van der Waals surface area contributed by atoms with Crippen LogP contribution in [-0.2, 0) is 0 Å². The third-order valence-electron chi connectivity index (χ3n) is 3.28. The predicted molar refractivity (Wildman–Crippen MR) is 84.1 cm³/mol. The monoisotopic (exact) mass is 315 g/mol. The lowest BCUT2D eigenvalue weighted by Gasteiger charge is -2.09. The number of pyridine rings is 1. The van der Waals surface area contributed by atoms with Crippen LogP contribution in [0.5, 0.6) is 0 Å². The Morgan fingerprint density at radius 2 is 1.95 bits per heavy atom. The van der Waals surface area contributed by atoms with Crippen LogP contribution in [0.15, 0.2) is 42.6 Å². The molecule has 1 aromatic heterocycles. The van der Waals surface area contributed by atoms with Gasteiger partial charge in [-0.1, -0.05) is 17.7 Å². The van der Waals surface area contributed by atoms with Crippen molar-refractivity contribution in [3.8, 4) is 0 Å². The number of carbonyl (C=O) groups excluding carboxylic acids is 2. The van der Waals surface area contributed by atoms with E-state index >= 15 is 0 Å². The Hall–Kier alpha value is -2.40. The Morgan fingerprint density at radius 1 is 1.14 bits per heavy atom. The van der Waals surface area contributed by atoms with Gasteiger partial charge >= 0.3 is 0 Å². The van der Waals surface area contributed by atoms with Gasteiger partial charge in [0.1, 0.15) is 5.69 Å². The second kappa shape index (κ2) is 6.15. The van der Waals surface area contributed by atoms with Crippen LogP contribution < -0.4 is 10.6 Å². The molecule has 3 rings (SSSR count). The summed E-state index contributed by atoms with van der Waals surface area (Å²) in [6.07, 6.45) is 3.55. The first kappa shape index (κ1) is 14.5. The molecule has 1 aliphatic carbocycles. The molecule has 0 bridgehead atoms. The third kappa shape index (κ3) is 3.43. The van der Waals surface area contributed by atoms with Gasteiger partial charge in [-0.05, 0) is 43.2 Å². The van der Waals surface area contributed by atoms with Crippen molar-refractivity contribution in [3.05, 3.63) is 58.9 Å². The summed E-state index contributed by atoms with van der Waals surface area (Å²) in [5.74, 6) is -0.557. The first-order valence-corrected chi connectivity index (χ1v) is 7.34. The van der Waals surface area contributed by atoms with Crippen LogP contribution in [-0.4, -0.2) is 22.8 Å². The Morgan fingerprint density at radius 3 is 2.64 bits per heavy atom. The molecule has 5 nitrogen and oxygen atoms in total. The molecule has 1 saturated carbocycles. The van der Waals surface area contributed by atoms with Gasteiger partial charge in [0.15, 0.2) is 0 Å². The standard InChI is InChI=1S/C16H14ClN3O2/c17-13-7-6-11(9-12(13)15(21)19-10-4-5-10)20-16(22)14-3-1-2-8-18-14/h1-3,6-10H,4-5H2,(H,19,21)(H,20,22). The van der Waals surface area contributed by atoms with Crippen molar-refractivity contribution in [2.75, 3.05) is 5.32 Å². The SMILES string of the molecule is O=C(Nc1ccc(Cl)c(C(=O)NC2CC2)c1)c1ccccn1. The highest BCUT2D eigenvalue weighted by molar-refractivity contribution is 6.34. The van der Waals surface area contributed by atoms with Gasteiger partial charge in [-0.3, -0.25) is 14.6 Å². The van der Waals surface area contributed by atoms with Crippen molar-refractivity contribution in [2.24, 2.45) is 0 Å². The zero-order chi connectivity index (χ0) is 15.5. The van der Waals surface area contributed by atoms with Gasteiger partial charge < -0.3 is 10.6 Å². The maximum Gasteiger partial charge on any atom is 0.274 e. The van der Waals surface area contributed by atoms with E-state index in [2.05, 4.69) is 15.6 Å². The fourth-order valence-electron chi connectivity index (χ4n) is 1.96. The van der Waals surface area contributed by atoms with Gasteiger partial charge in [0.25, 0.3) is 11.8 Å². The van der Waals surface area contributed by atoms with E-state index in [0.717, 1.165) is 12.8 Å². The molecule has 1 heterocycles. The van der Waals surface area contributed by atoms with Gasteiger partial charge in [0, 0.05) is 17.9 Å². The van der Waals surface area contributed by atoms with Gasteiger partial charge in [-0.2, -0.15) is 0 Å². The van der Waals surface area contributed by atoms with E-state index in [9.17, 15) is 9.59 Å². The minimum Gasteiger partial charge on any atom is -0.349 e.